The third-order valence-electron chi connectivity index (χ3n) is 2.87. The number of allylic oxidation sites excluding steroid dienone is 1. The normalized spacial score (nSPS) is 16.9. The van der Waals surface area contributed by atoms with Gasteiger partial charge < -0.3 is 10.1 Å². The van der Waals surface area contributed by atoms with Crippen LogP contribution in [0.5, 0.6) is 0 Å². The summed E-state index contributed by atoms with van der Waals surface area (Å²) in [4.78, 5) is 11.4. The van der Waals surface area contributed by atoms with Gasteiger partial charge in [-0.1, -0.05) is 6.08 Å². The molecule has 1 saturated heterocycles. The lowest BCUT2D eigenvalue weighted by atomic mass is 10.0. The number of hydrogen-bond donors (Lipinski definition) is 1. The van der Waals surface area contributed by atoms with Crippen LogP contribution in [0.25, 0.3) is 0 Å². The zero-order valence-electron chi connectivity index (χ0n) is 10.3. The lowest BCUT2D eigenvalue weighted by molar-refractivity contribution is -0.116. The SMILES string of the molecule is C#CCCCC=CC(=O)NCC1CCOCC1. The molecule has 3 heteroatoms. The molecule has 1 aliphatic heterocycles. The number of amides is 1. The van der Waals surface area contributed by atoms with E-state index in [1.165, 1.54) is 0 Å². The summed E-state index contributed by atoms with van der Waals surface area (Å²) in [5.74, 6) is 3.15. The fourth-order valence-corrected chi connectivity index (χ4v) is 1.77. The Morgan fingerprint density at radius 2 is 2.24 bits per heavy atom. The first kappa shape index (κ1) is 13.8. The predicted octanol–water partition coefficient (Wildman–Crippen LogP) is 1.89. The fourth-order valence-electron chi connectivity index (χ4n) is 1.77. The minimum atomic E-state index is -0.00259. The summed E-state index contributed by atoms with van der Waals surface area (Å²) in [6.45, 7) is 2.40. The molecule has 1 aliphatic rings. The number of rotatable bonds is 6. The molecular weight excluding hydrogens is 214 g/mol. The van der Waals surface area contributed by atoms with Crippen LogP contribution in [0.1, 0.15) is 32.1 Å². The maximum Gasteiger partial charge on any atom is 0.243 e. The van der Waals surface area contributed by atoms with E-state index in [9.17, 15) is 4.79 Å². The summed E-state index contributed by atoms with van der Waals surface area (Å²) in [7, 11) is 0. The second-order valence-electron chi connectivity index (χ2n) is 4.30. The summed E-state index contributed by atoms with van der Waals surface area (Å²) in [5, 5.41) is 2.92. The van der Waals surface area contributed by atoms with Crippen molar-refractivity contribution in [1.29, 1.82) is 0 Å². The van der Waals surface area contributed by atoms with Crippen LogP contribution in [0.15, 0.2) is 12.2 Å². The topological polar surface area (TPSA) is 38.3 Å². The largest absolute Gasteiger partial charge is 0.381 e. The van der Waals surface area contributed by atoms with Gasteiger partial charge in [0, 0.05) is 26.2 Å². The van der Waals surface area contributed by atoms with E-state index in [1.54, 1.807) is 6.08 Å². The molecular formula is C14H21NO2. The van der Waals surface area contributed by atoms with Crippen LogP contribution in [-0.2, 0) is 9.53 Å². The lowest BCUT2D eigenvalue weighted by Crippen LogP contribution is -2.31. The predicted molar refractivity (Wildman–Crippen MR) is 68.4 cm³/mol. The highest BCUT2D eigenvalue weighted by atomic mass is 16.5. The summed E-state index contributed by atoms with van der Waals surface area (Å²) in [6.07, 6.45) is 13.3. The van der Waals surface area contributed by atoms with Crippen molar-refractivity contribution in [2.24, 2.45) is 5.92 Å². The van der Waals surface area contributed by atoms with Crippen molar-refractivity contribution >= 4 is 5.91 Å². The van der Waals surface area contributed by atoms with Gasteiger partial charge in [0.15, 0.2) is 0 Å². The van der Waals surface area contributed by atoms with E-state index in [2.05, 4.69) is 11.2 Å². The molecule has 0 bridgehead atoms. The monoisotopic (exact) mass is 235 g/mol. The van der Waals surface area contributed by atoms with Crippen LogP contribution < -0.4 is 5.32 Å². The van der Waals surface area contributed by atoms with Gasteiger partial charge in [-0.2, -0.15) is 0 Å². The standard InChI is InChI=1S/C14H21NO2/c1-2-3-4-5-6-7-14(16)15-12-13-8-10-17-11-9-13/h1,6-7,13H,3-5,8-12H2,(H,15,16). The highest BCUT2D eigenvalue weighted by molar-refractivity contribution is 5.87. The molecule has 0 saturated carbocycles. The Morgan fingerprint density at radius 3 is 2.94 bits per heavy atom. The van der Waals surface area contributed by atoms with Crippen LogP contribution >= 0.6 is 0 Å². The molecule has 94 valence electrons. The quantitative estimate of drug-likeness (QED) is 0.434. The maximum absolute atomic E-state index is 11.4. The van der Waals surface area contributed by atoms with Gasteiger partial charge in [0.1, 0.15) is 0 Å². The fraction of sp³-hybridized carbons (Fsp3) is 0.643. The number of ether oxygens (including phenoxy) is 1. The van der Waals surface area contributed by atoms with Crippen molar-refractivity contribution in [2.45, 2.75) is 32.1 Å². The number of nitrogens with one attached hydrogen (secondary N) is 1. The molecule has 0 aromatic carbocycles. The van der Waals surface area contributed by atoms with E-state index in [0.717, 1.165) is 51.9 Å². The third-order valence-corrected chi connectivity index (χ3v) is 2.87. The average Bonchev–Trinajstić information content (AvgIpc) is 2.37. The molecule has 1 fully saturated rings. The molecule has 0 aromatic rings. The van der Waals surface area contributed by atoms with Gasteiger partial charge in [0.05, 0.1) is 0 Å². The zero-order chi connectivity index (χ0) is 12.3. The van der Waals surface area contributed by atoms with E-state index < -0.39 is 0 Å². The number of unbranched alkanes of at least 4 members (excludes halogenated alkanes) is 2. The van der Waals surface area contributed by atoms with E-state index in [4.69, 9.17) is 11.2 Å². The highest BCUT2D eigenvalue weighted by Crippen LogP contribution is 2.12. The second kappa shape index (κ2) is 8.83. The van der Waals surface area contributed by atoms with Crippen molar-refractivity contribution in [3.05, 3.63) is 12.2 Å². The van der Waals surface area contributed by atoms with E-state index in [-0.39, 0.29) is 5.91 Å². The molecule has 0 atom stereocenters. The van der Waals surface area contributed by atoms with E-state index >= 15 is 0 Å². The number of carbonyl (C=O) groups excluding carboxylic acids is 1. The number of terminal acetylenes is 1. The highest BCUT2D eigenvalue weighted by Gasteiger charge is 2.13. The first-order valence-corrected chi connectivity index (χ1v) is 6.28. The van der Waals surface area contributed by atoms with Gasteiger partial charge in [-0.15, -0.1) is 12.3 Å². The van der Waals surface area contributed by atoms with Crippen LogP contribution in [-0.4, -0.2) is 25.7 Å². The summed E-state index contributed by atoms with van der Waals surface area (Å²) in [6, 6.07) is 0. The molecule has 0 spiro atoms. The first-order valence-electron chi connectivity index (χ1n) is 6.28. The molecule has 1 amide bonds. The minimum Gasteiger partial charge on any atom is -0.381 e. The Labute approximate surface area is 104 Å². The Kier molecular flexibility index (Phi) is 7.17. The maximum atomic E-state index is 11.4. The molecule has 17 heavy (non-hydrogen) atoms. The van der Waals surface area contributed by atoms with Gasteiger partial charge in [-0.05, 0) is 37.7 Å². The average molecular weight is 235 g/mol. The molecule has 3 nitrogen and oxygen atoms in total. The van der Waals surface area contributed by atoms with Crippen LogP contribution in [0, 0.1) is 18.3 Å². The van der Waals surface area contributed by atoms with Gasteiger partial charge in [-0.25, -0.2) is 0 Å². The van der Waals surface area contributed by atoms with E-state index in [1.807, 2.05) is 6.08 Å². The molecule has 0 aromatic heterocycles. The molecule has 0 aliphatic carbocycles. The molecule has 0 radical (unpaired) electrons. The Hall–Kier alpha value is -1.27. The van der Waals surface area contributed by atoms with Crippen molar-refractivity contribution in [3.63, 3.8) is 0 Å². The van der Waals surface area contributed by atoms with Crippen molar-refractivity contribution in [1.82, 2.24) is 5.32 Å². The Balaban J connectivity index is 2.05. The molecule has 1 N–H and O–H groups in total. The van der Waals surface area contributed by atoms with E-state index in [0.29, 0.717) is 5.92 Å². The number of hydrogen-bond acceptors (Lipinski definition) is 2. The number of carbonyl (C=O) groups is 1. The summed E-state index contributed by atoms with van der Waals surface area (Å²) < 4.78 is 5.27. The Bertz CT molecular complexity index is 285. The van der Waals surface area contributed by atoms with Gasteiger partial charge in [-0.3, -0.25) is 4.79 Å². The Morgan fingerprint density at radius 1 is 1.47 bits per heavy atom. The van der Waals surface area contributed by atoms with Gasteiger partial charge >= 0.3 is 0 Å². The van der Waals surface area contributed by atoms with Crippen LogP contribution in [0.2, 0.25) is 0 Å². The lowest BCUT2D eigenvalue weighted by Gasteiger charge is -2.21. The van der Waals surface area contributed by atoms with Crippen molar-refractivity contribution < 1.29 is 9.53 Å². The van der Waals surface area contributed by atoms with Crippen LogP contribution in [0.3, 0.4) is 0 Å². The first-order chi connectivity index (χ1) is 8.33. The zero-order valence-corrected chi connectivity index (χ0v) is 10.3. The summed E-state index contributed by atoms with van der Waals surface area (Å²) in [5.41, 5.74) is 0. The molecule has 0 unspecified atom stereocenters. The van der Waals surface area contributed by atoms with Gasteiger partial charge in [0.2, 0.25) is 5.91 Å². The van der Waals surface area contributed by atoms with Crippen molar-refractivity contribution in [2.75, 3.05) is 19.8 Å². The molecule has 1 rings (SSSR count). The van der Waals surface area contributed by atoms with Crippen LogP contribution in [0.4, 0.5) is 0 Å². The van der Waals surface area contributed by atoms with Crippen molar-refractivity contribution in [3.8, 4) is 12.3 Å². The summed E-state index contributed by atoms with van der Waals surface area (Å²) >= 11 is 0. The molecule has 1 heterocycles. The second-order valence-corrected chi connectivity index (χ2v) is 4.30. The minimum absolute atomic E-state index is 0.00259. The third kappa shape index (κ3) is 6.80. The van der Waals surface area contributed by atoms with Gasteiger partial charge in [0.25, 0.3) is 0 Å². The smallest absolute Gasteiger partial charge is 0.243 e.